The van der Waals surface area contributed by atoms with Crippen molar-refractivity contribution in [1.29, 1.82) is 0 Å². The van der Waals surface area contributed by atoms with Gasteiger partial charge in [0.15, 0.2) is 0 Å². The molecule has 1 aliphatic heterocycles. The normalized spacial score (nSPS) is 22.7. The molecule has 2 atom stereocenters. The lowest BCUT2D eigenvalue weighted by Crippen LogP contribution is -2.36. The van der Waals surface area contributed by atoms with Crippen molar-refractivity contribution in [2.24, 2.45) is 11.8 Å². The lowest BCUT2D eigenvalue weighted by Gasteiger charge is -2.26. The van der Waals surface area contributed by atoms with E-state index in [0.29, 0.717) is 6.42 Å². The summed E-state index contributed by atoms with van der Waals surface area (Å²) < 4.78 is 16.4. The summed E-state index contributed by atoms with van der Waals surface area (Å²) in [6.07, 6.45) is 0.465. The van der Waals surface area contributed by atoms with Crippen LogP contribution >= 0.6 is 0 Å². The van der Waals surface area contributed by atoms with E-state index in [0.717, 1.165) is 5.56 Å². The zero-order chi connectivity index (χ0) is 16.7. The molecule has 126 valence electrons. The minimum absolute atomic E-state index is 0.123. The van der Waals surface area contributed by atoms with Crippen LogP contribution in [-0.4, -0.2) is 37.9 Å². The van der Waals surface area contributed by atoms with E-state index in [1.807, 2.05) is 30.3 Å². The highest BCUT2D eigenvalue weighted by molar-refractivity contribution is 5.71. The number of carbonyl (C=O) groups excluding carboxylic acids is 2. The topological polar surface area (TPSA) is 61.8 Å². The molecule has 2 unspecified atom stereocenters. The number of rotatable bonds is 4. The summed E-state index contributed by atoms with van der Waals surface area (Å²) in [7, 11) is 0. The van der Waals surface area contributed by atoms with Gasteiger partial charge in [-0.15, -0.1) is 0 Å². The number of carbonyl (C=O) groups is 2. The predicted molar refractivity (Wildman–Crippen MR) is 84.7 cm³/mol. The number of benzene rings is 1. The first-order valence-electron chi connectivity index (χ1n) is 8.04. The largest absolute Gasteiger partial charge is 0.465 e. The van der Waals surface area contributed by atoms with Crippen molar-refractivity contribution in [2.75, 3.05) is 19.8 Å². The van der Waals surface area contributed by atoms with Crippen LogP contribution in [0.2, 0.25) is 0 Å². The van der Waals surface area contributed by atoms with Gasteiger partial charge < -0.3 is 14.2 Å². The lowest BCUT2D eigenvalue weighted by atomic mass is 9.94. The van der Waals surface area contributed by atoms with Crippen molar-refractivity contribution in [3.63, 3.8) is 0 Å². The highest BCUT2D eigenvalue weighted by Crippen LogP contribution is 2.19. The van der Waals surface area contributed by atoms with Gasteiger partial charge in [0, 0.05) is 5.92 Å². The Morgan fingerprint density at radius 1 is 1.26 bits per heavy atom. The molecule has 0 aliphatic carbocycles. The van der Waals surface area contributed by atoms with Crippen LogP contribution in [0.15, 0.2) is 30.3 Å². The number of hydrogen-bond acceptors (Lipinski definition) is 5. The minimum Gasteiger partial charge on any atom is -0.465 e. The molecule has 23 heavy (non-hydrogen) atoms. The Morgan fingerprint density at radius 2 is 2.00 bits per heavy atom. The molecule has 0 N–H and O–H groups in total. The van der Waals surface area contributed by atoms with Crippen LogP contribution in [0, 0.1) is 11.8 Å². The number of ether oxygens (including phenoxy) is 3. The van der Waals surface area contributed by atoms with Gasteiger partial charge in [-0.2, -0.15) is 0 Å². The van der Waals surface area contributed by atoms with E-state index in [2.05, 4.69) is 0 Å². The van der Waals surface area contributed by atoms with Gasteiger partial charge in [0.05, 0.1) is 32.2 Å². The molecule has 1 aliphatic rings. The Balaban J connectivity index is 2.12. The van der Waals surface area contributed by atoms with Gasteiger partial charge in [-0.1, -0.05) is 44.2 Å². The Morgan fingerprint density at radius 3 is 2.70 bits per heavy atom. The Bertz CT molecular complexity index is 511. The molecule has 2 rings (SSSR count). The van der Waals surface area contributed by atoms with Gasteiger partial charge in [-0.3, -0.25) is 9.59 Å². The predicted octanol–water partition coefficient (Wildman–Crippen LogP) is 2.38. The molecule has 1 aromatic carbocycles. The van der Waals surface area contributed by atoms with Crippen LogP contribution in [0.4, 0.5) is 0 Å². The third-order valence-corrected chi connectivity index (χ3v) is 3.80. The van der Waals surface area contributed by atoms with Gasteiger partial charge >= 0.3 is 11.9 Å². The van der Waals surface area contributed by atoms with E-state index in [4.69, 9.17) is 14.2 Å². The quantitative estimate of drug-likeness (QED) is 0.797. The fourth-order valence-electron chi connectivity index (χ4n) is 2.39. The van der Waals surface area contributed by atoms with E-state index in [-0.39, 0.29) is 50.0 Å². The van der Waals surface area contributed by atoms with Crippen LogP contribution in [0.25, 0.3) is 0 Å². The molecule has 1 saturated heterocycles. The van der Waals surface area contributed by atoms with Gasteiger partial charge in [-0.05, 0) is 12.0 Å². The summed E-state index contributed by atoms with van der Waals surface area (Å²) >= 11 is 0. The summed E-state index contributed by atoms with van der Waals surface area (Å²) in [5.41, 5.74) is 1.11. The van der Waals surface area contributed by atoms with E-state index in [1.54, 1.807) is 13.8 Å². The molecular weight excluding hydrogens is 296 g/mol. The maximum Gasteiger partial charge on any atom is 0.308 e. The molecule has 0 radical (unpaired) electrons. The number of esters is 2. The average molecular weight is 320 g/mol. The molecule has 0 saturated carbocycles. The fraction of sp³-hybridized carbons (Fsp3) is 0.556. The highest BCUT2D eigenvalue weighted by Gasteiger charge is 2.29. The zero-order valence-electron chi connectivity index (χ0n) is 13.7. The molecule has 1 heterocycles. The van der Waals surface area contributed by atoms with Crippen LogP contribution in [-0.2, 0) is 30.2 Å². The Labute approximate surface area is 136 Å². The molecule has 0 bridgehead atoms. The van der Waals surface area contributed by atoms with Gasteiger partial charge in [0.1, 0.15) is 6.10 Å². The summed E-state index contributed by atoms with van der Waals surface area (Å²) in [5.74, 6) is -0.870. The molecule has 5 heteroatoms. The smallest absolute Gasteiger partial charge is 0.308 e. The first-order chi connectivity index (χ1) is 11.1. The van der Waals surface area contributed by atoms with Crippen molar-refractivity contribution in [3.05, 3.63) is 35.9 Å². The third kappa shape index (κ3) is 5.67. The van der Waals surface area contributed by atoms with Crippen LogP contribution in [0.5, 0.6) is 0 Å². The highest BCUT2D eigenvalue weighted by atomic mass is 16.6. The number of hydrogen-bond donors (Lipinski definition) is 0. The van der Waals surface area contributed by atoms with Crippen molar-refractivity contribution in [2.45, 2.75) is 32.8 Å². The van der Waals surface area contributed by atoms with E-state index in [1.165, 1.54) is 0 Å². The molecular formula is C18H24O5. The first kappa shape index (κ1) is 17.5. The zero-order valence-corrected chi connectivity index (χ0v) is 13.7. The van der Waals surface area contributed by atoms with Crippen LogP contribution < -0.4 is 0 Å². The van der Waals surface area contributed by atoms with Crippen LogP contribution in [0.1, 0.15) is 25.8 Å². The summed E-state index contributed by atoms with van der Waals surface area (Å²) in [4.78, 5) is 23.6. The van der Waals surface area contributed by atoms with Crippen LogP contribution in [0.3, 0.4) is 0 Å². The molecule has 0 amide bonds. The summed E-state index contributed by atoms with van der Waals surface area (Å²) in [6, 6.07) is 9.89. The summed E-state index contributed by atoms with van der Waals surface area (Å²) in [5, 5.41) is 0. The maximum absolute atomic E-state index is 12.0. The van der Waals surface area contributed by atoms with E-state index >= 15 is 0 Å². The molecule has 0 spiro atoms. The Kier molecular flexibility index (Phi) is 6.59. The second-order valence-electron chi connectivity index (χ2n) is 6.09. The van der Waals surface area contributed by atoms with Gasteiger partial charge in [0.25, 0.3) is 0 Å². The second-order valence-corrected chi connectivity index (χ2v) is 6.09. The molecule has 1 aromatic rings. The van der Waals surface area contributed by atoms with E-state index < -0.39 is 6.10 Å². The number of cyclic esters (lactones) is 1. The second kappa shape index (κ2) is 8.67. The Hall–Kier alpha value is -1.88. The van der Waals surface area contributed by atoms with Crippen molar-refractivity contribution < 1.29 is 23.8 Å². The van der Waals surface area contributed by atoms with Crippen molar-refractivity contribution in [1.82, 2.24) is 0 Å². The molecule has 1 fully saturated rings. The summed E-state index contributed by atoms with van der Waals surface area (Å²) in [6.45, 7) is 4.39. The van der Waals surface area contributed by atoms with Crippen molar-refractivity contribution in [3.8, 4) is 0 Å². The SMILES string of the molecule is CC(C)C(=O)OC1COCCC(=O)OCC1Cc1ccccc1. The fourth-order valence-corrected chi connectivity index (χ4v) is 2.39. The molecule has 5 nitrogen and oxygen atoms in total. The van der Waals surface area contributed by atoms with Gasteiger partial charge in [-0.25, -0.2) is 0 Å². The first-order valence-corrected chi connectivity index (χ1v) is 8.04. The minimum atomic E-state index is -0.420. The standard InChI is InChI=1S/C18H24O5/c1-13(2)18(20)23-16-12-21-9-8-17(19)22-11-15(16)10-14-6-4-3-5-7-14/h3-7,13,15-16H,8-12H2,1-2H3. The maximum atomic E-state index is 12.0. The average Bonchev–Trinajstić information content (AvgIpc) is 2.62. The third-order valence-electron chi connectivity index (χ3n) is 3.80. The van der Waals surface area contributed by atoms with Crippen molar-refractivity contribution >= 4 is 11.9 Å². The van der Waals surface area contributed by atoms with E-state index in [9.17, 15) is 9.59 Å². The lowest BCUT2D eigenvalue weighted by molar-refractivity contribution is -0.160. The monoisotopic (exact) mass is 320 g/mol. The van der Waals surface area contributed by atoms with Gasteiger partial charge in [0.2, 0.25) is 0 Å². The molecule has 0 aromatic heterocycles.